The Balaban J connectivity index is 1.69. The van der Waals surface area contributed by atoms with Crippen molar-refractivity contribution in [2.75, 3.05) is 19.9 Å². The van der Waals surface area contributed by atoms with Gasteiger partial charge in [-0.15, -0.1) is 0 Å². The van der Waals surface area contributed by atoms with E-state index in [1.165, 1.54) is 16.7 Å². The topological polar surface area (TPSA) is 65.1 Å². The number of carbonyl (C=O) groups excluding carboxylic acids is 2. The normalized spacial score (nSPS) is 17.7. The molecule has 0 spiro atoms. The molecule has 0 aliphatic carbocycles. The number of nitrogens with zero attached hydrogens (tertiary/aromatic N) is 1. The van der Waals surface area contributed by atoms with Gasteiger partial charge in [0, 0.05) is 0 Å². The molecule has 0 bridgehead atoms. The molecular weight excluding hydrogens is 362 g/mol. The van der Waals surface area contributed by atoms with Gasteiger partial charge in [0.2, 0.25) is 6.79 Å². The van der Waals surface area contributed by atoms with Crippen LogP contribution in [-0.4, -0.2) is 41.0 Å². The molecule has 1 saturated heterocycles. The first-order chi connectivity index (χ1) is 11.9. The molecule has 1 amide bonds. The fraction of sp³-hybridized carbons (Fsp3) is 0.353. The van der Waals surface area contributed by atoms with Gasteiger partial charge >= 0.3 is 5.97 Å². The molecule has 3 rings (SSSR count). The predicted octanol–water partition coefficient (Wildman–Crippen LogP) is 2.82. The highest BCUT2D eigenvalue weighted by molar-refractivity contribution is 8.26. The summed E-state index contributed by atoms with van der Waals surface area (Å²) in [5, 5.41) is 0. The van der Waals surface area contributed by atoms with Gasteiger partial charge < -0.3 is 14.2 Å². The monoisotopic (exact) mass is 379 g/mol. The summed E-state index contributed by atoms with van der Waals surface area (Å²) < 4.78 is 16.1. The van der Waals surface area contributed by atoms with Crippen LogP contribution in [0.15, 0.2) is 23.1 Å². The zero-order valence-electron chi connectivity index (χ0n) is 13.8. The number of fused-ring (bicyclic) bond motifs is 1. The van der Waals surface area contributed by atoms with E-state index in [1.807, 2.05) is 19.9 Å². The number of thioether (sulfide) groups is 1. The lowest BCUT2D eigenvalue weighted by Gasteiger charge is -2.14. The third-order valence-electron chi connectivity index (χ3n) is 3.43. The highest BCUT2D eigenvalue weighted by Crippen LogP contribution is 2.36. The number of esters is 1. The molecule has 2 aliphatic heterocycles. The van der Waals surface area contributed by atoms with Crippen LogP contribution >= 0.6 is 24.0 Å². The highest BCUT2D eigenvalue weighted by atomic mass is 32.2. The summed E-state index contributed by atoms with van der Waals surface area (Å²) in [6, 6.07) is 5.42. The second kappa shape index (κ2) is 7.45. The maximum absolute atomic E-state index is 12.5. The number of carbonyl (C=O) groups is 2. The Morgan fingerprint density at radius 1 is 1.40 bits per heavy atom. The van der Waals surface area contributed by atoms with Crippen LogP contribution in [-0.2, 0) is 14.3 Å². The Morgan fingerprint density at radius 3 is 2.92 bits per heavy atom. The third-order valence-corrected chi connectivity index (χ3v) is 4.81. The molecule has 0 N–H and O–H groups in total. The molecular formula is C17H17NO5S2. The molecule has 0 saturated carbocycles. The van der Waals surface area contributed by atoms with E-state index in [0.29, 0.717) is 27.3 Å². The molecule has 0 unspecified atom stereocenters. The number of benzene rings is 1. The lowest BCUT2D eigenvalue weighted by atomic mass is 10.2. The molecule has 8 heteroatoms. The number of amides is 1. The summed E-state index contributed by atoms with van der Waals surface area (Å²) in [5.74, 6) is 0.795. The number of ether oxygens (including phenoxy) is 3. The molecule has 6 nitrogen and oxygen atoms in total. The molecule has 0 atom stereocenters. The van der Waals surface area contributed by atoms with Crippen molar-refractivity contribution in [2.45, 2.75) is 13.8 Å². The van der Waals surface area contributed by atoms with Crippen LogP contribution in [0, 0.1) is 5.92 Å². The van der Waals surface area contributed by atoms with Crippen LogP contribution in [0.5, 0.6) is 11.5 Å². The summed E-state index contributed by atoms with van der Waals surface area (Å²) in [6.45, 7) is 4.23. The van der Waals surface area contributed by atoms with Gasteiger partial charge in [0.05, 0.1) is 11.5 Å². The van der Waals surface area contributed by atoms with Crippen LogP contribution in [0.25, 0.3) is 6.08 Å². The van der Waals surface area contributed by atoms with Crippen LogP contribution < -0.4 is 9.47 Å². The third kappa shape index (κ3) is 4.13. The molecule has 0 aromatic heterocycles. The molecule has 2 heterocycles. The lowest BCUT2D eigenvalue weighted by Crippen LogP contribution is -2.34. The van der Waals surface area contributed by atoms with Crippen molar-refractivity contribution in [3.63, 3.8) is 0 Å². The predicted molar refractivity (Wildman–Crippen MR) is 98.2 cm³/mol. The summed E-state index contributed by atoms with van der Waals surface area (Å²) in [6.07, 6.45) is 1.72. The van der Waals surface area contributed by atoms with E-state index in [4.69, 9.17) is 26.4 Å². The summed E-state index contributed by atoms with van der Waals surface area (Å²) in [7, 11) is 0. The maximum atomic E-state index is 12.5. The molecule has 1 aromatic carbocycles. The molecule has 0 radical (unpaired) electrons. The van der Waals surface area contributed by atoms with Crippen LogP contribution in [0.2, 0.25) is 0 Å². The zero-order chi connectivity index (χ0) is 18.0. The van der Waals surface area contributed by atoms with Crippen molar-refractivity contribution >= 4 is 46.3 Å². The van der Waals surface area contributed by atoms with Gasteiger partial charge in [-0.2, -0.15) is 0 Å². The zero-order valence-corrected chi connectivity index (χ0v) is 15.4. The van der Waals surface area contributed by atoms with E-state index < -0.39 is 5.97 Å². The van der Waals surface area contributed by atoms with E-state index >= 15 is 0 Å². The Morgan fingerprint density at radius 2 is 2.16 bits per heavy atom. The number of hydrogen-bond donors (Lipinski definition) is 0. The van der Waals surface area contributed by atoms with Crippen LogP contribution in [0.1, 0.15) is 19.4 Å². The highest BCUT2D eigenvalue weighted by Gasteiger charge is 2.33. The smallest absolute Gasteiger partial charge is 0.326 e. The molecule has 1 aromatic rings. The van der Waals surface area contributed by atoms with Crippen molar-refractivity contribution in [2.24, 2.45) is 5.92 Å². The average Bonchev–Trinajstić information content (AvgIpc) is 3.13. The standard InChI is InChI=1S/C17H17NO5S2/c1-10(2)8-21-15(19)7-18-16(20)14(25-17(18)24)6-11-3-4-12-13(5-11)23-9-22-12/h3-6,10H,7-9H2,1-2H3/b14-6-. The van der Waals surface area contributed by atoms with Gasteiger partial charge in [-0.25, -0.2) is 0 Å². The van der Waals surface area contributed by atoms with Crippen molar-refractivity contribution < 1.29 is 23.8 Å². The van der Waals surface area contributed by atoms with Gasteiger partial charge in [-0.3, -0.25) is 14.5 Å². The Bertz CT molecular complexity index is 759. The quantitative estimate of drug-likeness (QED) is 0.443. The first kappa shape index (κ1) is 17.8. The van der Waals surface area contributed by atoms with Gasteiger partial charge in [0.1, 0.15) is 10.9 Å². The van der Waals surface area contributed by atoms with Crippen LogP contribution in [0.3, 0.4) is 0 Å². The number of hydrogen-bond acceptors (Lipinski definition) is 7. The summed E-state index contributed by atoms with van der Waals surface area (Å²) >= 11 is 6.38. The van der Waals surface area contributed by atoms with Crippen LogP contribution in [0.4, 0.5) is 0 Å². The lowest BCUT2D eigenvalue weighted by molar-refractivity contribution is -0.147. The minimum atomic E-state index is -0.464. The first-order valence-electron chi connectivity index (χ1n) is 7.74. The van der Waals surface area contributed by atoms with Gasteiger partial charge in [-0.1, -0.05) is 43.9 Å². The summed E-state index contributed by atoms with van der Waals surface area (Å²) in [5.41, 5.74) is 0.798. The van der Waals surface area contributed by atoms with Crippen molar-refractivity contribution in [3.05, 3.63) is 28.7 Å². The Labute approximate surface area is 155 Å². The largest absolute Gasteiger partial charge is 0.464 e. The molecule has 2 aliphatic rings. The number of thiocarbonyl (C=S) groups is 1. The molecule has 25 heavy (non-hydrogen) atoms. The van der Waals surface area contributed by atoms with E-state index in [2.05, 4.69) is 0 Å². The Hall–Kier alpha value is -2.06. The SMILES string of the molecule is CC(C)COC(=O)CN1C(=O)/C(=C/c2ccc3c(c2)OCO3)SC1=S. The van der Waals surface area contributed by atoms with Gasteiger partial charge in [0.25, 0.3) is 5.91 Å². The second-order valence-electron chi connectivity index (χ2n) is 5.96. The van der Waals surface area contributed by atoms with E-state index in [9.17, 15) is 9.59 Å². The minimum Gasteiger partial charge on any atom is -0.464 e. The minimum absolute atomic E-state index is 0.171. The van der Waals surface area contributed by atoms with Crippen molar-refractivity contribution in [3.8, 4) is 11.5 Å². The maximum Gasteiger partial charge on any atom is 0.326 e. The number of rotatable bonds is 5. The summed E-state index contributed by atoms with van der Waals surface area (Å²) in [4.78, 5) is 26.1. The van der Waals surface area contributed by atoms with E-state index in [1.54, 1.807) is 18.2 Å². The first-order valence-corrected chi connectivity index (χ1v) is 8.97. The average molecular weight is 379 g/mol. The van der Waals surface area contributed by atoms with Gasteiger partial charge in [0.15, 0.2) is 11.5 Å². The van der Waals surface area contributed by atoms with Gasteiger partial charge in [-0.05, 0) is 29.7 Å². The van der Waals surface area contributed by atoms with Crippen molar-refractivity contribution in [1.29, 1.82) is 0 Å². The molecule has 132 valence electrons. The second-order valence-corrected chi connectivity index (χ2v) is 7.63. The fourth-order valence-electron chi connectivity index (χ4n) is 2.22. The molecule has 1 fully saturated rings. The Kier molecular flexibility index (Phi) is 5.29. The van der Waals surface area contributed by atoms with E-state index in [-0.39, 0.29) is 25.2 Å². The fourth-order valence-corrected chi connectivity index (χ4v) is 3.48. The van der Waals surface area contributed by atoms with E-state index in [0.717, 1.165) is 5.56 Å². The van der Waals surface area contributed by atoms with Crippen molar-refractivity contribution in [1.82, 2.24) is 4.90 Å².